The number of amides is 3. The summed E-state index contributed by atoms with van der Waals surface area (Å²) < 4.78 is 15.5. The molecule has 0 aliphatic heterocycles. The summed E-state index contributed by atoms with van der Waals surface area (Å²) in [5.74, 6) is -1.66. The van der Waals surface area contributed by atoms with Crippen molar-refractivity contribution in [2.24, 2.45) is 0 Å². The topological polar surface area (TPSA) is 152 Å². The summed E-state index contributed by atoms with van der Waals surface area (Å²) in [4.78, 5) is 50.0. The Hall–Kier alpha value is -4.12. The van der Waals surface area contributed by atoms with Crippen LogP contribution in [0.3, 0.4) is 0 Å². The van der Waals surface area contributed by atoms with E-state index in [1.54, 1.807) is 20.8 Å². The minimum absolute atomic E-state index is 0.0620. The van der Waals surface area contributed by atoms with Crippen LogP contribution < -0.4 is 16.0 Å². The van der Waals surface area contributed by atoms with Gasteiger partial charge in [0.25, 0.3) is 0 Å². The number of nitrogens with one attached hydrogen (secondary N) is 3. The molecule has 3 rings (SSSR count). The fourth-order valence-corrected chi connectivity index (χ4v) is 4.79. The fraction of sp³-hybridized carbons (Fsp3) is 0.484. The van der Waals surface area contributed by atoms with Gasteiger partial charge in [0.1, 0.15) is 18.2 Å². The highest BCUT2D eigenvalue weighted by atomic mass is 16.6. The maximum absolute atomic E-state index is 13.1. The number of alkyl carbamates (subject to hydrolysis) is 2. The second kappa shape index (κ2) is 14.7. The maximum Gasteiger partial charge on any atom is 0.407 e. The number of rotatable bonds is 12. The Bertz CT molecular complexity index is 1210. The van der Waals surface area contributed by atoms with Crippen molar-refractivity contribution in [3.05, 3.63) is 59.7 Å². The number of fused-ring (bicyclic) bond motifs is 3. The fourth-order valence-electron chi connectivity index (χ4n) is 4.79. The van der Waals surface area contributed by atoms with Crippen LogP contribution in [-0.4, -0.2) is 73.2 Å². The maximum atomic E-state index is 13.1. The first-order chi connectivity index (χ1) is 19.9. The van der Waals surface area contributed by atoms with E-state index in [9.17, 15) is 24.3 Å². The largest absolute Gasteiger partial charge is 0.467 e. The lowest BCUT2D eigenvalue weighted by atomic mass is 9.98. The molecule has 228 valence electrons. The van der Waals surface area contributed by atoms with Gasteiger partial charge in [-0.1, -0.05) is 48.5 Å². The number of esters is 1. The average molecular weight is 584 g/mol. The Labute approximate surface area is 246 Å². The number of hydrogen-bond acceptors (Lipinski definition) is 8. The van der Waals surface area contributed by atoms with Crippen LogP contribution in [0.2, 0.25) is 0 Å². The van der Waals surface area contributed by atoms with Gasteiger partial charge in [0, 0.05) is 12.5 Å². The van der Waals surface area contributed by atoms with Crippen LogP contribution in [0.5, 0.6) is 0 Å². The molecule has 11 nitrogen and oxygen atoms in total. The van der Waals surface area contributed by atoms with E-state index in [1.807, 2.05) is 48.5 Å². The van der Waals surface area contributed by atoms with Gasteiger partial charge >= 0.3 is 18.2 Å². The minimum Gasteiger partial charge on any atom is -0.467 e. The number of carbonyl (C=O) groups is 4. The Morgan fingerprint density at radius 2 is 1.50 bits per heavy atom. The van der Waals surface area contributed by atoms with Crippen molar-refractivity contribution in [2.45, 2.75) is 76.7 Å². The van der Waals surface area contributed by atoms with Gasteiger partial charge < -0.3 is 35.3 Å². The molecule has 0 bridgehead atoms. The molecule has 1 aliphatic carbocycles. The molecule has 42 heavy (non-hydrogen) atoms. The first-order valence-electron chi connectivity index (χ1n) is 14.1. The smallest absolute Gasteiger partial charge is 0.407 e. The molecule has 2 aromatic rings. The number of carbonyl (C=O) groups excluding carboxylic acids is 4. The molecule has 11 heteroatoms. The summed E-state index contributed by atoms with van der Waals surface area (Å²) >= 11 is 0. The molecule has 0 spiro atoms. The van der Waals surface area contributed by atoms with Crippen molar-refractivity contribution in [3.8, 4) is 11.1 Å². The van der Waals surface area contributed by atoms with Gasteiger partial charge in [-0.05, 0) is 69.2 Å². The van der Waals surface area contributed by atoms with Crippen LogP contribution in [0.1, 0.15) is 64.0 Å². The molecule has 0 unspecified atom stereocenters. The van der Waals surface area contributed by atoms with E-state index in [-0.39, 0.29) is 18.9 Å². The monoisotopic (exact) mass is 583 g/mol. The Morgan fingerprint density at radius 1 is 0.905 bits per heavy atom. The molecule has 0 saturated heterocycles. The molecular formula is C31H41N3O8. The van der Waals surface area contributed by atoms with Crippen molar-refractivity contribution < 1.29 is 38.5 Å². The predicted octanol–water partition coefficient (Wildman–Crippen LogP) is 3.63. The number of benzene rings is 2. The summed E-state index contributed by atoms with van der Waals surface area (Å²) in [6, 6.07) is 13.5. The Morgan fingerprint density at radius 3 is 2.05 bits per heavy atom. The minimum atomic E-state index is -1.32. The first kappa shape index (κ1) is 32.4. The molecule has 4 N–H and O–H groups in total. The van der Waals surface area contributed by atoms with Gasteiger partial charge in [-0.2, -0.15) is 0 Å². The molecule has 1 aliphatic rings. The van der Waals surface area contributed by atoms with Crippen LogP contribution in [0.15, 0.2) is 48.5 Å². The summed E-state index contributed by atoms with van der Waals surface area (Å²) in [6.07, 6.45) is -1.46. The van der Waals surface area contributed by atoms with Gasteiger partial charge in [-0.3, -0.25) is 4.79 Å². The summed E-state index contributed by atoms with van der Waals surface area (Å²) in [5, 5.41) is 17.7. The van der Waals surface area contributed by atoms with Crippen molar-refractivity contribution in [2.75, 3.05) is 20.3 Å². The van der Waals surface area contributed by atoms with E-state index in [2.05, 4.69) is 20.7 Å². The lowest BCUT2D eigenvalue weighted by molar-refractivity contribution is -0.148. The van der Waals surface area contributed by atoms with E-state index in [0.29, 0.717) is 19.4 Å². The molecule has 0 fully saturated rings. The lowest BCUT2D eigenvalue weighted by Gasteiger charge is -2.24. The first-order valence-corrected chi connectivity index (χ1v) is 14.1. The van der Waals surface area contributed by atoms with Gasteiger partial charge in [0.05, 0.1) is 13.2 Å². The molecule has 0 radical (unpaired) electrons. The van der Waals surface area contributed by atoms with Crippen molar-refractivity contribution in [1.82, 2.24) is 16.0 Å². The molecule has 0 heterocycles. The highest BCUT2D eigenvalue weighted by Gasteiger charge is 2.32. The number of methoxy groups -OCH3 is 1. The van der Waals surface area contributed by atoms with Crippen LogP contribution in [0, 0.1) is 0 Å². The zero-order chi connectivity index (χ0) is 30.9. The van der Waals surface area contributed by atoms with E-state index in [4.69, 9.17) is 9.47 Å². The second-order valence-electron chi connectivity index (χ2n) is 11.2. The third-order valence-corrected chi connectivity index (χ3v) is 6.78. The normalized spacial score (nSPS) is 14.4. The highest BCUT2D eigenvalue weighted by molar-refractivity contribution is 5.90. The van der Waals surface area contributed by atoms with Gasteiger partial charge in [-0.15, -0.1) is 0 Å². The van der Waals surface area contributed by atoms with Gasteiger partial charge in [0.2, 0.25) is 5.91 Å². The number of unbranched alkanes of at least 4 members (excludes halogenated alkanes) is 1. The lowest BCUT2D eigenvalue weighted by Crippen LogP contribution is -2.55. The molecule has 0 aromatic heterocycles. The van der Waals surface area contributed by atoms with E-state index in [1.165, 1.54) is 6.92 Å². The molecular weight excluding hydrogens is 542 g/mol. The standard InChI is InChI=1S/C31H41N3O8/c1-19(35)26(28(37)40-5)34-27(36)25(16-10-11-17-32-29(38)42-31(2,3)4)33-30(39)41-18-24-22-14-8-6-12-20(22)21-13-7-9-15-23(21)24/h6-9,12-15,19,24-26,35H,10-11,16-18H2,1-5H3,(H,32,38)(H,33,39)(H,34,36)/t19-,25+,26+/m1/s1. The van der Waals surface area contributed by atoms with Crippen molar-refractivity contribution in [1.29, 1.82) is 0 Å². The number of aliphatic hydroxyl groups is 1. The van der Waals surface area contributed by atoms with E-state index >= 15 is 0 Å². The molecule has 3 amide bonds. The molecule has 3 atom stereocenters. The van der Waals surface area contributed by atoms with Crippen molar-refractivity contribution >= 4 is 24.1 Å². The highest BCUT2D eigenvalue weighted by Crippen LogP contribution is 2.44. The van der Waals surface area contributed by atoms with Crippen molar-refractivity contribution in [3.63, 3.8) is 0 Å². The summed E-state index contributed by atoms with van der Waals surface area (Å²) in [6.45, 7) is 7.00. The van der Waals surface area contributed by atoms with E-state index < -0.39 is 47.9 Å². The quantitative estimate of drug-likeness (QED) is 0.168. The third kappa shape index (κ3) is 8.94. The summed E-state index contributed by atoms with van der Waals surface area (Å²) in [7, 11) is 1.15. The second-order valence-corrected chi connectivity index (χ2v) is 11.2. The zero-order valence-electron chi connectivity index (χ0n) is 24.8. The van der Waals surface area contributed by atoms with E-state index in [0.717, 1.165) is 29.4 Å². The summed E-state index contributed by atoms with van der Waals surface area (Å²) in [5.41, 5.74) is 3.66. The van der Waals surface area contributed by atoms with Crippen LogP contribution >= 0.6 is 0 Å². The SMILES string of the molecule is COC(=O)[C@@H](NC(=O)[C@H](CCCCNC(=O)OC(C)(C)C)NC(=O)OCC1c2ccccc2-c2ccccc21)[C@@H](C)O. The van der Waals surface area contributed by atoms with Crippen LogP contribution in [0.4, 0.5) is 9.59 Å². The Kier molecular flexibility index (Phi) is 11.3. The number of aliphatic hydroxyl groups excluding tert-OH is 1. The third-order valence-electron chi connectivity index (χ3n) is 6.78. The van der Waals surface area contributed by atoms with Gasteiger partial charge in [-0.25, -0.2) is 14.4 Å². The Balaban J connectivity index is 1.63. The zero-order valence-corrected chi connectivity index (χ0v) is 24.8. The predicted molar refractivity (Wildman–Crippen MR) is 156 cm³/mol. The molecule has 0 saturated carbocycles. The number of ether oxygens (including phenoxy) is 3. The number of hydrogen-bond donors (Lipinski definition) is 4. The van der Waals surface area contributed by atoms with Gasteiger partial charge in [0.15, 0.2) is 6.04 Å². The average Bonchev–Trinajstić information content (AvgIpc) is 3.26. The molecule has 2 aromatic carbocycles. The van der Waals surface area contributed by atoms with Crippen LogP contribution in [0.25, 0.3) is 11.1 Å². The van der Waals surface area contributed by atoms with Crippen LogP contribution in [-0.2, 0) is 23.8 Å².